The summed E-state index contributed by atoms with van der Waals surface area (Å²) < 4.78 is 19.9. The zero-order chi connectivity index (χ0) is 20.7. The van der Waals surface area contributed by atoms with Crippen molar-refractivity contribution in [2.45, 2.75) is 33.4 Å². The Bertz CT molecular complexity index is 825. The number of ether oxygens (including phenoxy) is 1. The first-order chi connectivity index (χ1) is 13.3. The molecule has 0 aliphatic heterocycles. The van der Waals surface area contributed by atoms with Crippen LogP contribution >= 0.6 is 15.9 Å². The summed E-state index contributed by atoms with van der Waals surface area (Å²) in [4.78, 5) is 25.1. The third kappa shape index (κ3) is 6.05. The van der Waals surface area contributed by atoms with E-state index in [0.29, 0.717) is 23.5 Å². The molecule has 1 atom stereocenters. The highest BCUT2D eigenvalue weighted by Crippen LogP contribution is 2.16. The lowest BCUT2D eigenvalue weighted by atomic mass is 10.0. The van der Waals surface area contributed by atoms with Gasteiger partial charge in [-0.2, -0.15) is 0 Å². The molecule has 0 spiro atoms. The second-order valence-corrected chi connectivity index (χ2v) is 7.52. The first kappa shape index (κ1) is 21.9. The number of rotatable bonds is 8. The fraction of sp³-hybridized carbons (Fsp3) is 0.333. The number of hydrogen-bond acceptors (Lipinski definition) is 3. The van der Waals surface area contributed by atoms with Gasteiger partial charge in [-0.05, 0) is 55.3 Å². The van der Waals surface area contributed by atoms with Gasteiger partial charge in [0.25, 0.3) is 5.91 Å². The van der Waals surface area contributed by atoms with Crippen LogP contribution in [0.5, 0.6) is 5.75 Å². The fourth-order valence-electron chi connectivity index (χ4n) is 2.60. The van der Waals surface area contributed by atoms with Gasteiger partial charge in [0, 0.05) is 22.1 Å². The Balaban J connectivity index is 2.02. The van der Waals surface area contributed by atoms with Crippen LogP contribution in [0.1, 0.15) is 36.7 Å². The Hall–Kier alpha value is -2.41. The minimum atomic E-state index is -0.741. The molecule has 0 aliphatic carbocycles. The molecule has 2 aromatic carbocycles. The monoisotopic (exact) mass is 450 g/mol. The van der Waals surface area contributed by atoms with Gasteiger partial charge < -0.3 is 15.4 Å². The van der Waals surface area contributed by atoms with E-state index in [-0.39, 0.29) is 24.3 Å². The molecule has 0 saturated heterocycles. The average molecular weight is 451 g/mol. The number of nitrogens with one attached hydrogen (secondary N) is 2. The molecule has 2 N–H and O–H groups in total. The van der Waals surface area contributed by atoms with Gasteiger partial charge in [0.1, 0.15) is 17.6 Å². The highest BCUT2D eigenvalue weighted by Gasteiger charge is 2.24. The van der Waals surface area contributed by atoms with Crippen LogP contribution in [-0.4, -0.2) is 24.5 Å². The van der Waals surface area contributed by atoms with Crippen molar-refractivity contribution in [1.29, 1.82) is 0 Å². The van der Waals surface area contributed by atoms with Crippen LogP contribution in [0.3, 0.4) is 0 Å². The summed E-state index contributed by atoms with van der Waals surface area (Å²) in [5, 5.41) is 5.45. The number of benzene rings is 2. The van der Waals surface area contributed by atoms with Crippen LogP contribution in [0.15, 0.2) is 46.9 Å². The second kappa shape index (κ2) is 10.2. The lowest BCUT2D eigenvalue weighted by Gasteiger charge is -2.22. The molecule has 28 heavy (non-hydrogen) atoms. The van der Waals surface area contributed by atoms with Crippen molar-refractivity contribution < 1.29 is 18.7 Å². The zero-order valence-corrected chi connectivity index (χ0v) is 17.7. The smallest absolute Gasteiger partial charge is 0.251 e. The lowest BCUT2D eigenvalue weighted by Crippen LogP contribution is -2.49. The van der Waals surface area contributed by atoms with Crippen molar-refractivity contribution >= 4 is 27.7 Å². The zero-order valence-electron chi connectivity index (χ0n) is 16.1. The fourth-order valence-corrected chi connectivity index (χ4v) is 3.01. The van der Waals surface area contributed by atoms with Crippen LogP contribution in [0.4, 0.5) is 4.39 Å². The summed E-state index contributed by atoms with van der Waals surface area (Å²) in [6.07, 6.45) is 0. The van der Waals surface area contributed by atoms with Crippen LogP contribution in [0.25, 0.3) is 0 Å². The van der Waals surface area contributed by atoms with E-state index in [9.17, 15) is 14.0 Å². The van der Waals surface area contributed by atoms with E-state index in [1.807, 2.05) is 20.8 Å². The summed E-state index contributed by atoms with van der Waals surface area (Å²) in [5.74, 6) is -0.588. The van der Waals surface area contributed by atoms with Crippen LogP contribution < -0.4 is 15.4 Å². The minimum absolute atomic E-state index is 0.0340. The van der Waals surface area contributed by atoms with E-state index >= 15 is 0 Å². The van der Waals surface area contributed by atoms with Crippen LogP contribution in [-0.2, 0) is 11.3 Å². The van der Waals surface area contributed by atoms with Gasteiger partial charge in [-0.1, -0.05) is 29.8 Å². The molecule has 2 rings (SSSR count). The molecular formula is C21H24BrFN2O3. The van der Waals surface area contributed by atoms with E-state index in [0.717, 1.165) is 4.47 Å². The summed E-state index contributed by atoms with van der Waals surface area (Å²) in [6, 6.07) is 10.5. The molecule has 0 radical (unpaired) electrons. The molecule has 0 saturated carbocycles. The van der Waals surface area contributed by atoms with Crippen molar-refractivity contribution in [1.82, 2.24) is 10.6 Å². The van der Waals surface area contributed by atoms with Crippen molar-refractivity contribution in [3.05, 3.63) is 63.9 Å². The molecule has 0 fully saturated rings. The van der Waals surface area contributed by atoms with Crippen molar-refractivity contribution in [3.8, 4) is 5.75 Å². The van der Waals surface area contributed by atoms with Gasteiger partial charge >= 0.3 is 0 Å². The number of hydrogen-bond donors (Lipinski definition) is 2. The molecule has 150 valence electrons. The quantitative estimate of drug-likeness (QED) is 0.636. The molecule has 5 nitrogen and oxygen atoms in total. The molecule has 0 aliphatic rings. The van der Waals surface area contributed by atoms with E-state index in [4.69, 9.17) is 4.74 Å². The maximum atomic E-state index is 13.8. The van der Waals surface area contributed by atoms with Gasteiger partial charge in [0.15, 0.2) is 0 Å². The van der Waals surface area contributed by atoms with Crippen LogP contribution in [0, 0.1) is 11.7 Å². The molecule has 1 unspecified atom stereocenters. The van der Waals surface area contributed by atoms with Crippen molar-refractivity contribution in [2.24, 2.45) is 5.92 Å². The lowest BCUT2D eigenvalue weighted by molar-refractivity contribution is -0.124. The third-order valence-corrected chi connectivity index (χ3v) is 4.62. The Labute approximate surface area is 172 Å². The molecule has 2 aromatic rings. The number of carbonyl (C=O) groups excluding carboxylic acids is 2. The Morgan fingerprint density at radius 1 is 1.14 bits per heavy atom. The predicted molar refractivity (Wildman–Crippen MR) is 110 cm³/mol. The van der Waals surface area contributed by atoms with Gasteiger partial charge in [-0.15, -0.1) is 0 Å². The van der Waals surface area contributed by atoms with Gasteiger partial charge in [-0.25, -0.2) is 4.39 Å². The van der Waals surface area contributed by atoms with E-state index in [2.05, 4.69) is 26.6 Å². The van der Waals surface area contributed by atoms with Gasteiger partial charge in [-0.3, -0.25) is 9.59 Å². The molecular weight excluding hydrogens is 427 g/mol. The van der Waals surface area contributed by atoms with Crippen molar-refractivity contribution in [3.63, 3.8) is 0 Å². The average Bonchev–Trinajstić information content (AvgIpc) is 2.67. The highest BCUT2D eigenvalue weighted by molar-refractivity contribution is 9.10. The number of carbonyl (C=O) groups is 2. The summed E-state index contributed by atoms with van der Waals surface area (Å²) in [5.41, 5.74) is 0.794. The summed E-state index contributed by atoms with van der Waals surface area (Å²) in [6.45, 7) is 6.13. The SMILES string of the molecule is CCOc1ccc(C(=O)NC(C(=O)NCc2cc(Br)ccc2F)C(C)C)cc1. The Kier molecular flexibility index (Phi) is 7.99. The maximum absolute atomic E-state index is 13.8. The third-order valence-electron chi connectivity index (χ3n) is 4.12. The van der Waals surface area contributed by atoms with E-state index in [1.165, 1.54) is 6.07 Å². The first-order valence-corrected chi connectivity index (χ1v) is 9.86. The molecule has 0 bridgehead atoms. The topological polar surface area (TPSA) is 67.4 Å². The maximum Gasteiger partial charge on any atom is 0.251 e. The van der Waals surface area contributed by atoms with E-state index < -0.39 is 11.9 Å². The molecule has 0 aromatic heterocycles. The summed E-state index contributed by atoms with van der Waals surface area (Å²) in [7, 11) is 0. The number of halogens is 2. The normalized spacial score (nSPS) is 11.8. The van der Waals surface area contributed by atoms with Crippen LogP contribution in [0.2, 0.25) is 0 Å². The number of amides is 2. The standard InChI is InChI=1S/C21H24BrFN2O3/c1-4-28-17-8-5-14(6-9-17)20(26)25-19(13(2)3)21(27)24-12-15-11-16(22)7-10-18(15)23/h5-11,13,19H,4,12H2,1-3H3,(H,24,27)(H,25,26). The molecule has 7 heteroatoms. The molecule has 0 heterocycles. The Morgan fingerprint density at radius 2 is 1.82 bits per heavy atom. The largest absolute Gasteiger partial charge is 0.494 e. The van der Waals surface area contributed by atoms with E-state index in [1.54, 1.807) is 36.4 Å². The minimum Gasteiger partial charge on any atom is -0.494 e. The molecule has 2 amide bonds. The predicted octanol–water partition coefficient (Wildman–Crippen LogP) is 4.06. The van der Waals surface area contributed by atoms with Gasteiger partial charge in [0.2, 0.25) is 5.91 Å². The van der Waals surface area contributed by atoms with Gasteiger partial charge in [0.05, 0.1) is 6.61 Å². The summed E-state index contributed by atoms with van der Waals surface area (Å²) >= 11 is 3.28. The highest BCUT2D eigenvalue weighted by atomic mass is 79.9. The van der Waals surface area contributed by atoms with Crippen molar-refractivity contribution in [2.75, 3.05) is 6.61 Å². The second-order valence-electron chi connectivity index (χ2n) is 6.61. The first-order valence-electron chi connectivity index (χ1n) is 9.07. The Morgan fingerprint density at radius 3 is 2.43 bits per heavy atom.